The number of aryl methyl sites for hydroxylation is 1. The number of nitrogens with one attached hydrogen (secondary N) is 1. The topological polar surface area (TPSA) is 53.9 Å². The molecule has 5 nitrogen and oxygen atoms in total. The Morgan fingerprint density at radius 1 is 1.07 bits per heavy atom. The summed E-state index contributed by atoms with van der Waals surface area (Å²) in [4.78, 5) is 16.0. The highest BCUT2D eigenvalue weighted by Gasteiger charge is 2.29. The summed E-state index contributed by atoms with van der Waals surface area (Å²) in [6, 6.07) is 17.0. The largest absolute Gasteiger partial charge is 0.366 e. The molecule has 138 valence electrons. The van der Waals surface area contributed by atoms with E-state index in [4.69, 9.17) is 4.98 Å². The van der Waals surface area contributed by atoms with Crippen LogP contribution < -0.4 is 5.32 Å². The summed E-state index contributed by atoms with van der Waals surface area (Å²) in [6.45, 7) is 7.41. The van der Waals surface area contributed by atoms with Crippen LogP contribution in [0, 0.1) is 12.8 Å². The van der Waals surface area contributed by atoms with Crippen LogP contribution in [0.1, 0.15) is 18.2 Å². The molecule has 0 amide bonds. The Hall–Kier alpha value is -2.79. The lowest BCUT2D eigenvalue weighted by Crippen LogP contribution is -2.28. The van der Waals surface area contributed by atoms with E-state index in [2.05, 4.69) is 57.4 Å². The molecule has 3 heterocycles. The summed E-state index contributed by atoms with van der Waals surface area (Å²) in [6.07, 6.45) is 3.57. The molecule has 1 fully saturated rings. The van der Waals surface area contributed by atoms with Gasteiger partial charge in [-0.05, 0) is 30.5 Å². The summed E-state index contributed by atoms with van der Waals surface area (Å²) in [5.74, 6) is 2.17. The molecule has 1 aliphatic rings. The Morgan fingerprint density at radius 2 is 1.93 bits per heavy atom. The van der Waals surface area contributed by atoms with Crippen molar-refractivity contribution in [3.8, 4) is 11.4 Å². The molecule has 0 bridgehead atoms. The van der Waals surface area contributed by atoms with Gasteiger partial charge in [-0.15, -0.1) is 0 Å². The summed E-state index contributed by atoms with van der Waals surface area (Å²) in [5, 5.41) is 3.64. The Kier molecular flexibility index (Phi) is 5.12. The van der Waals surface area contributed by atoms with E-state index in [9.17, 15) is 0 Å². The molecule has 27 heavy (non-hydrogen) atoms. The van der Waals surface area contributed by atoms with E-state index in [0.717, 1.165) is 42.5 Å². The lowest BCUT2D eigenvalue weighted by Gasteiger charge is -2.18. The predicted molar refractivity (Wildman–Crippen MR) is 108 cm³/mol. The highest BCUT2D eigenvalue weighted by molar-refractivity contribution is 5.56. The van der Waals surface area contributed by atoms with E-state index in [-0.39, 0.29) is 0 Å². The third kappa shape index (κ3) is 4.31. The van der Waals surface area contributed by atoms with E-state index in [1.54, 1.807) is 12.4 Å². The minimum absolute atomic E-state index is 0.379. The van der Waals surface area contributed by atoms with Crippen molar-refractivity contribution in [3.63, 3.8) is 0 Å². The normalized spacial score (nSPS) is 19.9. The fourth-order valence-electron chi connectivity index (χ4n) is 3.68. The zero-order chi connectivity index (χ0) is 18.6. The average molecular weight is 359 g/mol. The summed E-state index contributed by atoms with van der Waals surface area (Å²) >= 11 is 0. The van der Waals surface area contributed by atoms with Gasteiger partial charge in [-0.2, -0.15) is 0 Å². The number of anilines is 1. The Bertz CT molecular complexity index is 882. The van der Waals surface area contributed by atoms with Gasteiger partial charge in [0.1, 0.15) is 5.82 Å². The minimum Gasteiger partial charge on any atom is -0.366 e. The van der Waals surface area contributed by atoms with Crippen molar-refractivity contribution in [1.82, 2.24) is 19.9 Å². The van der Waals surface area contributed by atoms with E-state index in [0.29, 0.717) is 12.0 Å². The van der Waals surface area contributed by atoms with Gasteiger partial charge in [-0.25, -0.2) is 9.97 Å². The molecule has 1 aliphatic heterocycles. The van der Waals surface area contributed by atoms with Gasteiger partial charge in [-0.3, -0.25) is 9.88 Å². The van der Waals surface area contributed by atoms with Crippen LogP contribution in [-0.4, -0.2) is 39.0 Å². The number of aromatic nitrogens is 3. The van der Waals surface area contributed by atoms with Gasteiger partial charge in [0, 0.05) is 55.4 Å². The highest BCUT2D eigenvalue weighted by atomic mass is 15.2. The molecule has 0 spiro atoms. The van der Waals surface area contributed by atoms with E-state index in [1.165, 1.54) is 5.56 Å². The Morgan fingerprint density at radius 3 is 2.70 bits per heavy atom. The summed E-state index contributed by atoms with van der Waals surface area (Å²) < 4.78 is 0. The van der Waals surface area contributed by atoms with Crippen molar-refractivity contribution in [2.24, 2.45) is 5.92 Å². The van der Waals surface area contributed by atoms with E-state index >= 15 is 0 Å². The molecule has 4 rings (SSSR count). The lowest BCUT2D eigenvalue weighted by atomic mass is 10.1. The van der Waals surface area contributed by atoms with Gasteiger partial charge >= 0.3 is 0 Å². The van der Waals surface area contributed by atoms with Crippen LogP contribution in [-0.2, 0) is 6.54 Å². The van der Waals surface area contributed by atoms with Gasteiger partial charge < -0.3 is 5.32 Å². The van der Waals surface area contributed by atoms with Crippen molar-refractivity contribution in [1.29, 1.82) is 0 Å². The summed E-state index contributed by atoms with van der Waals surface area (Å²) in [7, 11) is 0. The standard InChI is InChI=1S/C22H25N5/c1-16-13-27(14-18-7-4-3-5-8-18)15-20(16)25-21-11-17(2)24-22(26-21)19-9-6-10-23-12-19/h3-12,16,20H,13-15H2,1-2H3,(H,24,25,26). The third-order valence-electron chi connectivity index (χ3n) is 5.04. The molecule has 0 aliphatic carbocycles. The van der Waals surface area contributed by atoms with Crippen molar-refractivity contribution in [2.75, 3.05) is 18.4 Å². The number of benzene rings is 1. The van der Waals surface area contributed by atoms with Crippen molar-refractivity contribution >= 4 is 5.82 Å². The second-order valence-electron chi connectivity index (χ2n) is 7.37. The van der Waals surface area contributed by atoms with Crippen LogP contribution >= 0.6 is 0 Å². The predicted octanol–water partition coefficient (Wildman–Crippen LogP) is 3.78. The number of likely N-dealkylation sites (tertiary alicyclic amines) is 1. The number of hydrogen-bond acceptors (Lipinski definition) is 5. The lowest BCUT2D eigenvalue weighted by molar-refractivity contribution is 0.319. The molecule has 1 saturated heterocycles. The maximum Gasteiger partial charge on any atom is 0.163 e. The molecule has 2 unspecified atom stereocenters. The first-order chi connectivity index (χ1) is 13.2. The molecule has 1 N–H and O–H groups in total. The second-order valence-corrected chi connectivity index (χ2v) is 7.37. The molecule has 0 saturated carbocycles. The first-order valence-electron chi connectivity index (χ1n) is 9.46. The molecule has 2 aromatic heterocycles. The van der Waals surface area contributed by atoms with Crippen LogP contribution in [0.3, 0.4) is 0 Å². The average Bonchev–Trinajstić information content (AvgIpc) is 3.01. The SMILES string of the molecule is Cc1cc(NC2CN(Cc3ccccc3)CC2C)nc(-c2cccnc2)n1. The first kappa shape index (κ1) is 17.6. The third-order valence-corrected chi connectivity index (χ3v) is 5.04. The number of nitrogens with zero attached hydrogens (tertiary/aromatic N) is 4. The minimum atomic E-state index is 0.379. The number of pyridine rings is 1. The van der Waals surface area contributed by atoms with Crippen LogP contribution in [0.15, 0.2) is 60.9 Å². The monoisotopic (exact) mass is 359 g/mol. The molecule has 3 aromatic rings. The number of rotatable bonds is 5. The maximum atomic E-state index is 4.73. The van der Waals surface area contributed by atoms with Gasteiger partial charge in [-0.1, -0.05) is 37.3 Å². The molecular weight excluding hydrogens is 334 g/mol. The van der Waals surface area contributed by atoms with E-state index in [1.807, 2.05) is 25.1 Å². The fourth-order valence-corrected chi connectivity index (χ4v) is 3.68. The zero-order valence-corrected chi connectivity index (χ0v) is 15.8. The van der Waals surface area contributed by atoms with Gasteiger partial charge in [0.2, 0.25) is 0 Å². The Balaban J connectivity index is 1.47. The molecule has 1 aromatic carbocycles. The van der Waals surface area contributed by atoms with Crippen LogP contribution in [0.4, 0.5) is 5.82 Å². The number of hydrogen-bond donors (Lipinski definition) is 1. The van der Waals surface area contributed by atoms with Crippen LogP contribution in [0.25, 0.3) is 11.4 Å². The van der Waals surface area contributed by atoms with E-state index < -0.39 is 0 Å². The molecule has 5 heteroatoms. The Labute approximate surface area is 160 Å². The maximum absolute atomic E-state index is 4.73. The quantitative estimate of drug-likeness (QED) is 0.751. The zero-order valence-electron chi connectivity index (χ0n) is 15.8. The van der Waals surface area contributed by atoms with Gasteiger partial charge in [0.05, 0.1) is 0 Å². The highest BCUT2D eigenvalue weighted by Crippen LogP contribution is 2.23. The van der Waals surface area contributed by atoms with Gasteiger partial charge in [0.25, 0.3) is 0 Å². The molecule has 2 atom stereocenters. The van der Waals surface area contributed by atoms with Crippen LogP contribution in [0.5, 0.6) is 0 Å². The molecular formula is C22H25N5. The summed E-state index contributed by atoms with van der Waals surface area (Å²) in [5.41, 5.74) is 3.26. The van der Waals surface area contributed by atoms with Crippen LogP contribution in [0.2, 0.25) is 0 Å². The van der Waals surface area contributed by atoms with Gasteiger partial charge in [0.15, 0.2) is 5.82 Å². The van der Waals surface area contributed by atoms with Crippen molar-refractivity contribution in [2.45, 2.75) is 26.4 Å². The second kappa shape index (κ2) is 7.84. The first-order valence-corrected chi connectivity index (χ1v) is 9.46. The van der Waals surface area contributed by atoms with Crippen molar-refractivity contribution in [3.05, 3.63) is 72.2 Å². The smallest absolute Gasteiger partial charge is 0.163 e. The molecule has 0 radical (unpaired) electrons. The van der Waals surface area contributed by atoms with Crippen molar-refractivity contribution < 1.29 is 0 Å². The fraction of sp³-hybridized carbons (Fsp3) is 0.318.